The Morgan fingerprint density at radius 2 is 1.79 bits per heavy atom. The molecule has 0 saturated carbocycles. The van der Waals surface area contributed by atoms with E-state index in [-0.39, 0.29) is 5.41 Å². The van der Waals surface area contributed by atoms with Crippen molar-refractivity contribution in [3.05, 3.63) is 24.2 Å². The van der Waals surface area contributed by atoms with Gasteiger partial charge in [0.15, 0.2) is 0 Å². The molecule has 0 aromatic heterocycles. The van der Waals surface area contributed by atoms with Gasteiger partial charge in [0.1, 0.15) is 0 Å². The molecule has 0 rings (SSSR count). The lowest BCUT2D eigenvalue weighted by atomic mass is 9.87. The fraction of sp³-hybridized carbons (Fsp3) is 0.636. The van der Waals surface area contributed by atoms with Gasteiger partial charge in [-0.15, -0.1) is 0 Å². The fourth-order valence-electron chi connectivity index (χ4n) is 0.817. The van der Waals surface area contributed by atoms with Crippen LogP contribution < -0.4 is 0 Å². The van der Waals surface area contributed by atoms with Crippen LogP contribution in [0.1, 0.15) is 20.8 Å². The number of rotatable bonds is 4. The summed E-state index contributed by atoms with van der Waals surface area (Å²) < 4.78 is 10.5. The van der Waals surface area contributed by atoms with E-state index in [1.54, 1.807) is 13.4 Å². The monoisotopic (exact) mass is 214 g/mol. The van der Waals surface area contributed by atoms with E-state index in [4.69, 9.17) is 9.16 Å². The summed E-state index contributed by atoms with van der Waals surface area (Å²) in [7, 11) is 0.664. The highest BCUT2D eigenvalue weighted by Crippen LogP contribution is 2.26. The Hall–Kier alpha value is -0.703. The van der Waals surface area contributed by atoms with E-state index in [1.807, 2.05) is 12.3 Å². The minimum absolute atomic E-state index is 0.0956. The van der Waals surface area contributed by atoms with Gasteiger partial charge in [-0.3, -0.25) is 0 Å². The summed E-state index contributed by atoms with van der Waals surface area (Å²) in [6.07, 6.45) is 5.51. The van der Waals surface area contributed by atoms with Gasteiger partial charge in [-0.05, 0) is 30.2 Å². The van der Waals surface area contributed by atoms with Gasteiger partial charge in [-0.25, -0.2) is 0 Å². The number of hydrogen-bond acceptors (Lipinski definition) is 2. The van der Waals surface area contributed by atoms with Gasteiger partial charge < -0.3 is 9.16 Å². The first-order valence-corrected chi connectivity index (χ1v) is 7.71. The molecule has 14 heavy (non-hydrogen) atoms. The highest BCUT2D eigenvalue weighted by Gasteiger charge is 2.15. The summed E-state index contributed by atoms with van der Waals surface area (Å²) in [5, 5.41) is 0. The normalized spacial score (nSPS) is 13.8. The summed E-state index contributed by atoms with van der Waals surface area (Å²) in [4.78, 5) is 0. The van der Waals surface area contributed by atoms with Crippen molar-refractivity contribution >= 4 is 9.04 Å². The molecule has 0 aromatic rings. The van der Waals surface area contributed by atoms with Gasteiger partial charge in [0.25, 0.3) is 0 Å². The highest BCUT2D eigenvalue weighted by molar-refractivity contribution is 6.48. The van der Waals surface area contributed by atoms with Gasteiger partial charge in [-0.2, -0.15) is 0 Å². The Kier molecular flexibility index (Phi) is 5.61. The molecular weight excluding hydrogens is 192 g/mol. The molecule has 0 fully saturated rings. The molecule has 0 bridgehead atoms. The van der Waals surface area contributed by atoms with E-state index in [2.05, 4.69) is 33.9 Å². The van der Waals surface area contributed by atoms with Crippen molar-refractivity contribution in [2.45, 2.75) is 33.9 Å². The molecule has 0 spiro atoms. The summed E-state index contributed by atoms with van der Waals surface area (Å²) in [6, 6.07) is 0. The van der Waals surface area contributed by atoms with E-state index >= 15 is 0 Å². The standard InChI is InChI=1S/C11H22O2Si/c1-11(2,3)10(7-8-12-4)9-13-14(5)6/h7-9,14H,1-6H3/b8-7+,10-9+. The van der Waals surface area contributed by atoms with Gasteiger partial charge in [-0.1, -0.05) is 20.8 Å². The molecule has 0 atom stereocenters. The van der Waals surface area contributed by atoms with E-state index in [0.29, 0.717) is 0 Å². The number of allylic oxidation sites excluding steroid dienone is 2. The predicted octanol–water partition coefficient (Wildman–Crippen LogP) is 3.08. The second-order valence-electron chi connectivity index (χ2n) is 4.55. The fourth-order valence-corrected chi connectivity index (χ4v) is 1.24. The minimum Gasteiger partial charge on any atom is -0.552 e. The molecule has 0 aliphatic heterocycles. The smallest absolute Gasteiger partial charge is 0.228 e. The maximum atomic E-state index is 5.60. The quantitative estimate of drug-likeness (QED) is 0.407. The average molecular weight is 214 g/mol. The molecule has 0 aliphatic rings. The van der Waals surface area contributed by atoms with E-state index in [1.165, 1.54) is 0 Å². The zero-order valence-corrected chi connectivity index (χ0v) is 11.3. The maximum absolute atomic E-state index is 5.60. The van der Waals surface area contributed by atoms with Crippen molar-refractivity contribution in [1.82, 2.24) is 0 Å². The van der Waals surface area contributed by atoms with Crippen LogP contribution in [0.5, 0.6) is 0 Å². The Bertz CT molecular complexity index is 212. The van der Waals surface area contributed by atoms with E-state index in [9.17, 15) is 0 Å². The second kappa shape index (κ2) is 5.91. The predicted molar refractivity (Wildman–Crippen MR) is 63.6 cm³/mol. The van der Waals surface area contributed by atoms with Gasteiger partial charge >= 0.3 is 0 Å². The number of ether oxygens (including phenoxy) is 1. The maximum Gasteiger partial charge on any atom is 0.228 e. The zero-order chi connectivity index (χ0) is 11.2. The topological polar surface area (TPSA) is 18.5 Å². The van der Waals surface area contributed by atoms with Gasteiger partial charge in [0.05, 0.1) is 19.6 Å². The van der Waals surface area contributed by atoms with Crippen LogP contribution in [0.3, 0.4) is 0 Å². The molecule has 2 nitrogen and oxygen atoms in total. The molecule has 3 heteroatoms. The summed E-state index contributed by atoms with van der Waals surface area (Å²) in [6.45, 7) is 10.8. The molecular formula is C11H22O2Si. The lowest BCUT2D eigenvalue weighted by molar-refractivity contribution is 0.335. The highest BCUT2D eigenvalue weighted by atomic mass is 28.3. The number of methoxy groups -OCH3 is 1. The SMILES string of the molecule is CO/C=C/C(=C\O[SiH](C)C)C(C)(C)C. The molecule has 0 aliphatic carbocycles. The van der Waals surface area contributed by atoms with Crippen LogP contribution in [0.15, 0.2) is 24.2 Å². The van der Waals surface area contributed by atoms with E-state index < -0.39 is 9.04 Å². The van der Waals surface area contributed by atoms with Gasteiger partial charge in [0, 0.05) is 0 Å². The third-order valence-corrected chi connectivity index (χ3v) is 2.40. The molecule has 0 heterocycles. The van der Waals surface area contributed by atoms with Crippen LogP contribution in [0.25, 0.3) is 0 Å². The molecule has 0 radical (unpaired) electrons. The summed E-state index contributed by atoms with van der Waals surface area (Å²) in [5.41, 5.74) is 1.25. The van der Waals surface area contributed by atoms with Crippen LogP contribution in [-0.2, 0) is 9.16 Å². The van der Waals surface area contributed by atoms with Crippen LogP contribution in [-0.4, -0.2) is 16.2 Å². The molecule has 0 saturated heterocycles. The van der Waals surface area contributed by atoms with E-state index in [0.717, 1.165) is 5.57 Å². The van der Waals surface area contributed by atoms with Crippen molar-refractivity contribution in [2.24, 2.45) is 5.41 Å². The Morgan fingerprint density at radius 3 is 2.14 bits per heavy atom. The third-order valence-electron chi connectivity index (χ3n) is 1.72. The van der Waals surface area contributed by atoms with Crippen molar-refractivity contribution in [3.63, 3.8) is 0 Å². The average Bonchev–Trinajstić information content (AvgIpc) is 2.01. The first-order valence-electron chi connectivity index (χ1n) is 4.93. The first-order chi connectivity index (χ1) is 6.38. The van der Waals surface area contributed by atoms with Crippen molar-refractivity contribution in [2.75, 3.05) is 7.11 Å². The van der Waals surface area contributed by atoms with Crippen LogP contribution in [0, 0.1) is 5.41 Å². The largest absolute Gasteiger partial charge is 0.552 e. The van der Waals surface area contributed by atoms with Crippen molar-refractivity contribution < 1.29 is 9.16 Å². The third kappa shape index (κ3) is 5.86. The molecule has 0 amide bonds. The van der Waals surface area contributed by atoms with Crippen LogP contribution in [0.4, 0.5) is 0 Å². The Morgan fingerprint density at radius 1 is 1.21 bits per heavy atom. The zero-order valence-electron chi connectivity index (χ0n) is 10.1. The van der Waals surface area contributed by atoms with Crippen LogP contribution in [0.2, 0.25) is 13.1 Å². The summed E-state index contributed by atoms with van der Waals surface area (Å²) in [5.74, 6) is 0. The lowest BCUT2D eigenvalue weighted by Crippen LogP contribution is -2.10. The van der Waals surface area contributed by atoms with Crippen LogP contribution >= 0.6 is 0 Å². The molecule has 0 N–H and O–H groups in total. The molecule has 0 unspecified atom stereocenters. The Balaban J connectivity index is 4.56. The lowest BCUT2D eigenvalue weighted by Gasteiger charge is -2.20. The molecule has 0 aromatic carbocycles. The van der Waals surface area contributed by atoms with Gasteiger partial charge in [0.2, 0.25) is 9.04 Å². The summed E-state index contributed by atoms with van der Waals surface area (Å²) >= 11 is 0. The first kappa shape index (κ1) is 13.3. The minimum atomic E-state index is -0.983. The number of hydrogen-bond donors (Lipinski definition) is 0. The second-order valence-corrected chi connectivity index (χ2v) is 6.92. The van der Waals surface area contributed by atoms with Crippen molar-refractivity contribution in [1.29, 1.82) is 0 Å². The Labute approximate surface area is 89.3 Å². The van der Waals surface area contributed by atoms with Crippen molar-refractivity contribution in [3.8, 4) is 0 Å². The molecule has 82 valence electrons.